The Balaban J connectivity index is 1.34. The molecule has 1 aliphatic rings. The Kier molecular flexibility index (Phi) is 7.68. The largest absolute Gasteiger partial charge is 0.482 e. The summed E-state index contributed by atoms with van der Waals surface area (Å²) in [6.07, 6.45) is 3.85. The highest BCUT2D eigenvalue weighted by Gasteiger charge is 2.25. The lowest BCUT2D eigenvalue weighted by molar-refractivity contribution is 0.0594. The van der Waals surface area contributed by atoms with Crippen molar-refractivity contribution in [1.29, 1.82) is 0 Å². The van der Waals surface area contributed by atoms with Gasteiger partial charge in [-0.1, -0.05) is 58.0 Å². The third-order valence-corrected chi connectivity index (χ3v) is 7.47. The molecule has 0 aliphatic carbocycles. The highest BCUT2D eigenvalue weighted by atomic mass is 35.5. The fourth-order valence-corrected chi connectivity index (χ4v) is 4.73. The Bertz CT molecular complexity index is 1140. The molecule has 7 nitrogen and oxygen atoms in total. The maximum absolute atomic E-state index is 12.9. The summed E-state index contributed by atoms with van der Waals surface area (Å²) < 4.78 is 13.1. The SMILES string of the molecule is Cn1cc(CN2CCN(C(=O)c3ccc(COc4c(Cl)c(Cl)c(Cl)c(Cl)c4Cl)o3)CC2)cn1. The Hall–Kier alpha value is -1.61. The van der Waals surface area contributed by atoms with Crippen LogP contribution in [0.15, 0.2) is 28.9 Å². The molecule has 0 saturated carbocycles. The number of ether oxygens (including phenoxy) is 1. The van der Waals surface area contributed by atoms with E-state index in [0.29, 0.717) is 18.8 Å². The molecule has 0 unspecified atom stereocenters. The first kappa shape index (κ1) is 24.5. The zero-order chi connectivity index (χ0) is 23.7. The average molecular weight is 553 g/mol. The summed E-state index contributed by atoms with van der Waals surface area (Å²) in [5, 5.41) is 4.41. The smallest absolute Gasteiger partial charge is 0.289 e. The molecular weight excluding hydrogens is 534 g/mol. The van der Waals surface area contributed by atoms with Gasteiger partial charge < -0.3 is 14.1 Å². The average Bonchev–Trinajstić information content (AvgIpc) is 3.45. The molecule has 4 rings (SSSR count). The first-order chi connectivity index (χ1) is 15.7. The van der Waals surface area contributed by atoms with Crippen LogP contribution in [0.1, 0.15) is 21.9 Å². The van der Waals surface area contributed by atoms with E-state index in [4.69, 9.17) is 67.2 Å². The molecule has 3 aromatic rings. The van der Waals surface area contributed by atoms with E-state index in [2.05, 4.69) is 10.00 Å². The Morgan fingerprint density at radius 2 is 1.64 bits per heavy atom. The topological polar surface area (TPSA) is 63.7 Å². The van der Waals surface area contributed by atoms with Crippen molar-refractivity contribution in [3.63, 3.8) is 0 Å². The maximum atomic E-state index is 12.9. The van der Waals surface area contributed by atoms with E-state index in [-0.39, 0.29) is 49.1 Å². The first-order valence-electron chi connectivity index (χ1n) is 9.96. The molecule has 1 aliphatic heterocycles. The highest BCUT2D eigenvalue weighted by Crippen LogP contribution is 2.48. The van der Waals surface area contributed by atoms with Crippen molar-refractivity contribution in [3.05, 3.63) is 66.7 Å². The number of amides is 1. The molecule has 1 aromatic carbocycles. The van der Waals surface area contributed by atoms with Crippen LogP contribution in [0.5, 0.6) is 5.75 Å². The number of furan rings is 1. The van der Waals surface area contributed by atoms with Crippen molar-refractivity contribution in [2.75, 3.05) is 26.2 Å². The van der Waals surface area contributed by atoms with Crippen molar-refractivity contribution in [1.82, 2.24) is 19.6 Å². The number of piperazine rings is 1. The molecule has 12 heteroatoms. The summed E-state index contributed by atoms with van der Waals surface area (Å²) >= 11 is 30.5. The van der Waals surface area contributed by atoms with Gasteiger partial charge in [0.25, 0.3) is 5.91 Å². The normalized spacial score (nSPS) is 14.7. The van der Waals surface area contributed by atoms with Gasteiger partial charge in [0.05, 0.1) is 21.3 Å². The molecule has 1 saturated heterocycles. The van der Waals surface area contributed by atoms with E-state index in [0.717, 1.165) is 25.2 Å². The number of rotatable bonds is 6. The molecule has 0 N–H and O–H groups in total. The van der Waals surface area contributed by atoms with Crippen LogP contribution >= 0.6 is 58.0 Å². The van der Waals surface area contributed by atoms with Crippen molar-refractivity contribution in [2.45, 2.75) is 13.2 Å². The van der Waals surface area contributed by atoms with Crippen molar-refractivity contribution in [2.24, 2.45) is 7.05 Å². The van der Waals surface area contributed by atoms with E-state index >= 15 is 0 Å². The first-order valence-corrected chi connectivity index (χ1v) is 11.9. The number of benzene rings is 1. The zero-order valence-corrected chi connectivity index (χ0v) is 21.2. The summed E-state index contributed by atoms with van der Waals surface area (Å²) in [6, 6.07) is 3.28. The summed E-state index contributed by atoms with van der Waals surface area (Å²) in [4.78, 5) is 16.9. The Labute approximate surface area is 215 Å². The second kappa shape index (κ2) is 10.3. The molecular formula is C21H19Cl5N4O3. The molecule has 2 aromatic heterocycles. The number of carbonyl (C=O) groups excluding carboxylic acids is 1. The Morgan fingerprint density at radius 1 is 1.00 bits per heavy atom. The molecule has 0 atom stereocenters. The van der Waals surface area contributed by atoms with Gasteiger partial charge in [-0.05, 0) is 12.1 Å². The van der Waals surface area contributed by atoms with Crippen LogP contribution in [-0.2, 0) is 20.2 Å². The van der Waals surface area contributed by atoms with Crippen LogP contribution in [0.4, 0.5) is 0 Å². The van der Waals surface area contributed by atoms with E-state index < -0.39 is 0 Å². The fourth-order valence-electron chi connectivity index (χ4n) is 3.50. The zero-order valence-electron chi connectivity index (χ0n) is 17.5. The minimum absolute atomic E-state index is 0.0279. The second-order valence-corrected chi connectivity index (χ2v) is 9.43. The molecule has 3 heterocycles. The molecule has 1 amide bonds. The third kappa shape index (κ3) is 5.39. The summed E-state index contributed by atoms with van der Waals surface area (Å²) in [6.45, 7) is 3.54. The quantitative estimate of drug-likeness (QED) is 0.285. The van der Waals surface area contributed by atoms with Gasteiger partial charge in [0, 0.05) is 51.5 Å². The van der Waals surface area contributed by atoms with E-state index in [9.17, 15) is 4.79 Å². The number of carbonyl (C=O) groups is 1. The predicted molar refractivity (Wildman–Crippen MR) is 129 cm³/mol. The van der Waals surface area contributed by atoms with Gasteiger partial charge >= 0.3 is 0 Å². The Morgan fingerprint density at radius 3 is 2.24 bits per heavy atom. The van der Waals surface area contributed by atoms with Crippen molar-refractivity contribution in [3.8, 4) is 5.75 Å². The number of halogens is 5. The van der Waals surface area contributed by atoms with Crippen LogP contribution in [-0.4, -0.2) is 51.7 Å². The minimum atomic E-state index is -0.170. The molecule has 0 bridgehead atoms. The van der Waals surface area contributed by atoms with Crippen LogP contribution < -0.4 is 4.74 Å². The molecule has 0 spiro atoms. The van der Waals surface area contributed by atoms with Gasteiger partial charge in [-0.2, -0.15) is 5.10 Å². The number of nitrogens with zero attached hydrogens (tertiary/aromatic N) is 4. The van der Waals surface area contributed by atoms with Gasteiger partial charge in [0.15, 0.2) is 11.5 Å². The monoisotopic (exact) mass is 550 g/mol. The van der Waals surface area contributed by atoms with Gasteiger partial charge in [-0.25, -0.2) is 0 Å². The number of hydrogen-bond donors (Lipinski definition) is 0. The lowest BCUT2D eigenvalue weighted by Gasteiger charge is -2.34. The second-order valence-electron chi connectivity index (χ2n) is 7.54. The molecule has 33 heavy (non-hydrogen) atoms. The number of aromatic nitrogens is 2. The van der Waals surface area contributed by atoms with E-state index in [1.54, 1.807) is 21.7 Å². The fraction of sp³-hybridized carbons (Fsp3) is 0.333. The summed E-state index contributed by atoms with van der Waals surface area (Å²) in [7, 11) is 1.89. The van der Waals surface area contributed by atoms with E-state index in [1.165, 1.54) is 0 Å². The lowest BCUT2D eigenvalue weighted by Crippen LogP contribution is -2.48. The summed E-state index contributed by atoms with van der Waals surface area (Å²) in [5.74, 6) is 0.573. The van der Waals surface area contributed by atoms with Crippen LogP contribution in [0.3, 0.4) is 0 Å². The van der Waals surface area contributed by atoms with E-state index in [1.807, 2.05) is 19.4 Å². The highest BCUT2D eigenvalue weighted by molar-refractivity contribution is 6.55. The van der Waals surface area contributed by atoms with Crippen LogP contribution in [0.25, 0.3) is 0 Å². The minimum Gasteiger partial charge on any atom is -0.482 e. The predicted octanol–water partition coefficient (Wildman–Crippen LogP) is 5.82. The van der Waals surface area contributed by atoms with Crippen molar-refractivity contribution < 1.29 is 13.9 Å². The number of aryl methyl sites for hydroxylation is 1. The third-order valence-electron chi connectivity index (χ3n) is 5.22. The molecule has 176 valence electrons. The van der Waals surface area contributed by atoms with Gasteiger partial charge in [0.2, 0.25) is 0 Å². The maximum Gasteiger partial charge on any atom is 0.289 e. The van der Waals surface area contributed by atoms with Crippen LogP contribution in [0, 0.1) is 0 Å². The van der Waals surface area contributed by atoms with Crippen molar-refractivity contribution >= 4 is 63.9 Å². The van der Waals surface area contributed by atoms with Gasteiger partial charge in [0.1, 0.15) is 22.4 Å². The lowest BCUT2D eigenvalue weighted by atomic mass is 10.2. The molecule has 1 fully saturated rings. The molecule has 0 radical (unpaired) electrons. The van der Waals surface area contributed by atoms with Gasteiger partial charge in [-0.3, -0.25) is 14.4 Å². The van der Waals surface area contributed by atoms with Crippen LogP contribution in [0.2, 0.25) is 25.1 Å². The standard InChI is InChI=1S/C21H19Cl5N4O3/c1-28-9-12(8-27-28)10-29-4-6-30(7-5-29)21(31)14-3-2-13(33-14)11-32-20-18(25)16(23)15(22)17(24)19(20)26/h2-3,8-9H,4-7,10-11H2,1H3. The number of hydrogen-bond acceptors (Lipinski definition) is 5. The van der Waals surface area contributed by atoms with Gasteiger partial charge in [-0.15, -0.1) is 0 Å². The summed E-state index contributed by atoms with van der Waals surface area (Å²) in [5.41, 5.74) is 1.15.